The molecule has 8 rings (SSSR count). The minimum absolute atomic E-state index is 0.101. The molecule has 0 aliphatic carbocycles. The molecule has 0 atom stereocenters. The van der Waals surface area contributed by atoms with Crippen LogP contribution < -0.4 is 20.0 Å². The molecule has 0 bridgehead atoms. The number of rotatable bonds is 5. The highest BCUT2D eigenvalue weighted by molar-refractivity contribution is 5.87. The van der Waals surface area contributed by atoms with Gasteiger partial charge in [-0.2, -0.15) is 4.57 Å². The van der Waals surface area contributed by atoms with E-state index in [4.69, 9.17) is 4.42 Å². The van der Waals surface area contributed by atoms with Crippen LogP contribution in [0.3, 0.4) is 0 Å². The highest BCUT2D eigenvalue weighted by Gasteiger charge is 2.39. The van der Waals surface area contributed by atoms with E-state index in [2.05, 4.69) is 166 Å². The zero-order chi connectivity index (χ0) is 35.5. The van der Waals surface area contributed by atoms with Crippen LogP contribution in [0.1, 0.15) is 49.9 Å². The van der Waals surface area contributed by atoms with Gasteiger partial charge in [0, 0.05) is 71.3 Å². The lowest BCUT2D eigenvalue weighted by atomic mass is 9.83. The molecule has 5 nitrogen and oxygen atoms in total. The molecule has 0 spiro atoms. The molecule has 0 amide bonds. The van der Waals surface area contributed by atoms with Crippen LogP contribution in [0.2, 0.25) is 0 Å². The first-order chi connectivity index (χ1) is 24.6. The van der Waals surface area contributed by atoms with Gasteiger partial charge in [0.1, 0.15) is 11.1 Å². The number of nitrogens with zero attached hydrogens (tertiary/aromatic N) is 3. The summed E-state index contributed by atoms with van der Waals surface area (Å²) in [6.07, 6.45) is 12.8. The molecule has 4 heterocycles. The lowest BCUT2D eigenvalue weighted by Crippen LogP contribution is -2.35. The molecule has 6 aromatic rings. The van der Waals surface area contributed by atoms with Gasteiger partial charge in [-0.25, -0.2) is 4.79 Å². The molecule has 0 radical (unpaired) electrons. The largest absolute Gasteiger partial charge is 0.422 e. The van der Waals surface area contributed by atoms with Crippen molar-refractivity contribution in [3.05, 3.63) is 184 Å². The number of fused-ring (bicyclic) bond motifs is 4. The number of para-hydroxylation sites is 4. The van der Waals surface area contributed by atoms with E-state index in [1.807, 2.05) is 36.4 Å². The van der Waals surface area contributed by atoms with Gasteiger partial charge in [0.25, 0.3) is 0 Å². The second-order valence-electron chi connectivity index (χ2n) is 14.6. The molecule has 0 saturated heterocycles. The highest BCUT2D eigenvalue weighted by atomic mass is 16.4. The predicted molar refractivity (Wildman–Crippen MR) is 211 cm³/mol. The Hall–Kier alpha value is -5.94. The summed E-state index contributed by atoms with van der Waals surface area (Å²) in [6.45, 7) is 9.07. The van der Waals surface area contributed by atoms with Crippen molar-refractivity contribution in [2.24, 2.45) is 0 Å². The van der Waals surface area contributed by atoms with Crippen LogP contribution in [0, 0.1) is 0 Å². The maximum Gasteiger partial charge on any atom is 0.350 e. The third kappa shape index (κ3) is 5.23. The summed E-state index contributed by atoms with van der Waals surface area (Å²) < 4.78 is 8.02. The zero-order valence-corrected chi connectivity index (χ0v) is 30.0. The summed E-state index contributed by atoms with van der Waals surface area (Å²) >= 11 is 0. The third-order valence-electron chi connectivity index (χ3n) is 10.9. The molecule has 252 valence electrons. The first-order valence-electron chi connectivity index (χ1n) is 17.5. The van der Waals surface area contributed by atoms with Gasteiger partial charge in [-0.05, 0) is 59.2 Å². The molecule has 2 aliphatic rings. The van der Waals surface area contributed by atoms with Crippen molar-refractivity contribution >= 4 is 45.0 Å². The van der Waals surface area contributed by atoms with Crippen molar-refractivity contribution in [1.29, 1.82) is 0 Å². The number of likely N-dealkylation sites (N-methyl/N-ethyl adjacent to an activating group) is 2. The van der Waals surface area contributed by atoms with Crippen LogP contribution in [0.25, 0.3) is 33.6 Å². The Balaban J connectivity index is 1.27. The number of anilines is 2. The van der Waals surface area contributed by atoms with Gasteiger partial charge in [0.05, 0.1) is 5.39 Å². The van der Waals surface area contributed by atoms with E-state index in [0.29, 0.717) is 11.1 Å². The molecule has 0 unspecified atom stereocenters. The summed E-state index contributed by atoms with van der Waals surface area (Å²) in [4.78, 5) is 18.3. The summed E-state index contributed by atoms with van der Waals surface area (Å²) in [7, 11) is 4.25. The molecule has 4 aromatic carbocycles. The van der Waals surface area contributed by atoms with Gasteiger partial charge in [-0.3, -0.25) is 0 Å². The number of pyridine rings is 1. The summed E-state index contributed by atoms with van der Waals surface area (Å²) in [6, 6.07) is 37.3. The fourth-order valence-electron chi connectivity index (χ4n) is 8.15. The molecule has 0 saturated carbocycles. The monoisotopic (exact) mass is 668 g/mol. The first-order valence-corrected chi connectivity index (χ1v) is 17.5. The van der Waals surface area contributed by atoms with Crippen molar-refractivity contribution in [1.82, 2.24) is 0 Å². The average molecular weight is 669 g/mol. The lowest BCUT2D eigenvalue weighted by molar-refractivity contribution is -0.550. The van der Waals surface area contributed by atoms with Gasteiger partial charge >= 0.3 is 5.63 Å². The molecule has 5 heteroatoms. The molecule has 2 aliphatic heterocycles. The van der Waals surface area contributed by atoms with E-state index in [1.54, 1.807) is 0 Å². The second kappa shape index (κ2) is 12.1. The third-order valence-corrected chi connectivity index (χ3v) is 10.9. The van der Waals surface area contributed by atoms with Crippen LogP contribution in [0.15, 0.2) is 160 Å². The van der Waals surface area contributed by atoms with Crippen LogP contribution in [-0.4, -0.2) is 14.1 Å². The fraction of sp³-hybridized carbons (Fsp3) is 0.174. The topological polar surface area (TPSA) is 40.6 Å². The Kier molecular flexibility index (Phi) is 7.68. The van der Waals surface area contributed by atoms with Gasteiger partial charge in [0.15, 0.2) is 6.20 Å². The van der Waals surface area contributed by atoms with Crippen LogP contribution >= 0.6 is 0 Å². The highest BCUT2D eigenvalue weighted by Crippen LogP contribution is 2.47. The number of hydrogen-bond acceptors (Lipinski definition) is 4. The van der Waals surface area contributed by atoms with Gasteiger partial charge < -0.3 is 14.2 Å². The quantitative estimate of drug-likeness (QED) is 0.136. The predicted octanol–water partition coefficient (Wildman–Crippen LogP) is 9.76. The van der Waals surface area contributed by atoms with Crippen molar-refractivity contribution in [2.75, 3.05) is 23.9 Å². The molecular formula is C46H42N3O2+. The number of aromatic nitrogens is 1. The standard InChI is InChI=1S/C46H42N3O2/c1-45(2)35-19-9-12-22-39(35)47(5)42(45)25-15-17-31-28-29-49(37-21-11-8-18-33(31)37)38(34-30-32-16-7-14-24-41(32)51-44(34)50)26-27-43-46(3,4)36-20-10-13-23-40(36)48(43)6/h7-30H,1-6H3/q+1/b38-26+,43-27+. The Morgan fingerprint density at radius 1 is 0.706 bits per heavy atom. The smallest absolute Gasteiger partial charge is 0.350 e. The molecule has 2 aromatic heterocycles. The van der Waals surface area contributed by atoms with Gasteiger partial charge in [0.2, 0.25) is 11.2 Å². The summed E-state index contributed by atoms with van der Waals surface area (Å²) in [5, 5.41) is 1.95. The molecule has 51 heavy (non-hydrogen) atoms. The first kappa shape index (κ1) is 32.3. The van der Waals surface area contributed by atoms with Crippen LogP contribution in [-0.2, 0) is 10.8 Å². The maximum absolute atomic E-state index is 13.8. The Labute approximate surface area is 299 Å². The number of allylic oxidation sites excluding steroid dienone is 6. The van der Waals surface area contributed by atoms with Crippen LogP contribution in [0.5, 0.6) is 0 Å². The average Bonchev–Trinajstić information content (AvgIpc) is 3.46. The van der Waals surface area contributed by atoms with E-state index in [-0.39, 0.29) is 16.5 Å². The van der Waals surface area contributed by atoms with Crippen molar-refractivity contribution in [3.63, 3.8) is 0 Å². The minimum Gasteiger partial charge on any atom is -0.422 e. The van der Waals surface area contributed by atoms with E-state index in [9.17, 15) is 4.79 Å². The fourth-order valence-corrected chi connectivity index (χ4v) is 8.15. The number of benzene rings is 4. The van der Waals surface area contributed by atoms with E-state index < -0.39 is 0 Å². The van der Waals surface area contributed by atoms with E-state index in [0.717, 1.165) is 33.2 Å². The Bertz CT molecular complexity index is 2550. The zero-order valence-electron chi connectivity index (χ0n) is 30.0. The summed E-state index contributed by atoms with van der Waals surface area (Å²) in [5.74, 6) is 0. The van der Waals surface area contributed by atoms with E-state index >= 15 is 0 Å². The van der Waals surface area contributed by atoms with Crippen molar-refractivity contribution in [3.8, 4) is 0 Å². The molecule has 0 fully saturated rings. The number of hydrogen-bond donors (Lipinski definition) is 0. The normalized spacial score (nSPS) is 18.0. The second-order valence-corrected chi connectivity index (χ2v) is 14.6. The van der Waals surface area contributed by atoms with Crippen LogP contribution in [0.4, 0.5) is 11.4 Å². The summed E-state index contributed by atoms with van der Waals surface area (Å²) in [5.41, 5.74) is 10.6. The molecular weight excluding hydrogens is 627 g/mol. The van der Waals surface area contributed by atoms with Gasteiger partial charge in [-0.1, -0.05) is 107 Å². The lowest BCUT2D eigenvalue weighted by Gasteiger charge is -2.23. The SMILES string of the molecule is CN1/C(=C/C=C/c2cc[n+](/C(=C/C=C3/N(C)c4ccccc4C3(C)C)c3cc4ccccc4oc3=O)c3ccccc23)C(C)(C)c2ccccc21. The van der Waals surface area contributed by atoms with E-state index in [1.165, 1.54) is 28.2 Å². The van der Waals surface area contributed by atoms with Gasteiger partial charge in [-0.15, -0.1) is 0 Å². The van der Waals surface area contributed by atoms with Crippen molar-refractivity contribution in [2.45, 2.75) is 38.5 Å². The molecule has 0 N–H and O–H groups in total. The Morgan fingerprint density at radius 2 is 1.29 bits per heavy atom. The minimum atomic E-state index is -0.378. The Morgan fingerprint density at radius 3 is 1.98 bits per heavy atom. The van der Waals surface area contributed by atoms with Crippen molar-refractivity contribution < 1.29 is 8.98 Å². The maximum atomic E-state index is 13.8.